The van der Waals surface area contributed by atoms with Crippen molar-refractivity contribution in [1.29, 1.82) is 0 Å². The fourth-order valence-electron chi connectivity index (χ4n) is 5.40. The molecule has 196 valence electrons. The number of phenols is 1. The van der Waals surface area contributed by atoms with Gasteiger partial charge in [-0.2, -0.15) is 0 Å². The number of benzene rings is 1. The summed E-state index contributed by atoms with van der Waals surface area (Å²) in [6, 6.07) is 2.71. The van der Waals surface area contributed by atoms with E-state index < -0.39 is 87.3 Å². The standard InChI is InChI=1S/C26H28N2O9/c1-25(2,3)28-16(31)7-5-10-4-6-14(29)17-11(10)8-12-18(21(17)33)22(34)26(37)13(20(12)32)9-15(30)19(23(26)35)24(27)36/h4-7,12-13,20,29-30,32,34,37H,8-9H2,1-3H3,(H2,27,36)(H,28,31)/b7-5+/t12-,13-,20+,26+/m1/s1. The van der Waals surface area contributed by atoms with Crippen LogP contribution in [-0.2, 0) is 20.8 Å². The number of hydrogen-bond acceptors (Lipinski definition) is 9. The zero-order chi connectivity index (χ0) is 27.6. The second-order valence-electron chi connectivity index (χ2n) is 10.6. The highest BCUT2D eigenvalue weighted by atomic mass is 16.4. The number of primary amides is 1. The number of fused-ring (bicyclic) bond motifs is 3. The summed E-state index contributed by atoms with van der Waals surface area (Å²) in [4.78, 5) is 50.5. The van der Waals surface area contributed by atoms with Crippen LogP contribution in [0.1, 0.15) is 48.7 Å². The molecular formula is C26H28N2O9. The Bertz CT molecular complexity index is 1350. The van der Waals surface area contributed by atoms with Crippen LogP contribution in [0, 0.1) is 11.8 Å². The second-order valence-corrected chi connectivity index (χ2v) is 10.6. The van der Waals surface area contributed by atoms with Crippen molar-refractivity contribution in [2.75, 3.05) is 0 Å². The Kier molecular flexibility index (Phi) is 6.04. The van der Waals surface area contributed by atoms with Gasteiger partial charge in [-0.05, 0) is 50.5 Å². The largest absolute Gasteiger partial charge is 0.511 e. The number of carbonyl (C=O) groups excluding carboxylic acids is 4. The third-order valence-corrected chi connectivity index (χ3v) is 7.00. The Hall–Kier alpha value is -3.96. The van der Waals surface area contributed by atoms with E-state index in [0.29, 0.717) is 5.56 Å². The topological polar surface area (TPSA) is 207 Å². The minimum Gasteiger partial charge on any atom is -0.511 e. The molecule has 0 bridgehead atoms. The molecule has 37 heavy (non-hydrogen) atoms. The lowest BCUT2D eigenvalue weighted by Crippen LogP contribution is -2.62. The molecule has 0 aromatic heterocycles. The van der Waals surface area contributed by atoms with Crippen LogP contribution in [0.5, 0.6) is 5.75 Å². The molecule has 0 fully saturated rings. The fourth-order valence-corrected chi connectivity index (χ4v) is 5.40. The van der Waals surface area contributed by atoms with Gasteiger partial charge in [0, 0.05) is 35.4 Å². The van der Waals surface area contributed by atoms with Crippen LogP contribution >= 0.6 is 0 Å². The smallest absolute Gasteiger partial charge is 0.255 e. The number of amides is 2. The summed E-state index contributed by atoms with van der Waals surface area (Å²) >= 11 is 0. The van der Waals surface area contributed by atoms with Crippen molar-refractivity contribution >= 4 is 29.5 Å². The molecule has 4 atom stereocenters. The second kappa shape index (κ2) is 8.56. The lowest BCUT2D eigenvalue weighted by atomic mass is 9.58. The molecule has 0 radical (unpaired) electrons. The normalized spacial score (nSPS) is 27.6. The first kappa shape index (κ1) is 26.1. The van der Waals surface area contributed by atoms with E-state index in [1.54, 1.807) is 20.8 Å². The lowest BCUT2D eigenvalue weighted by Gasteiger charge is -2.48. The molecule has 0 unspecified atom stereocenters. The molecule has 3 aliphatic carbocycles. The molecule has 0 spiro atoms. The SMILES string of the molecule is CC(C)(C)NC(=O)/C=C/c1ccc(O)c2c1C[C@@H]1C(=C(O)[C@]3(O)C(=O)C(C(N)=O)=C(O)C[C@@H]3[C@H]1O)C2=O. The Morgan fingerprint density at radius 1 is 1.14 bits per heavy atom. The first-order valence-corrected chi connectivity index (χ1v) is 11.6. The molecule has 0 saturated carbocycles. The van der Waals surface area contributed by atoms with E-state index >= 15 is 0 Å². The van der Waals surface area contributed by atoms with Gasteiger partial charge in [-0.15, -0.1) is 0 Å². The number of ketones is 2. The molecule has 3 aliphatic rings. The maximum Gasteiger partial charge on any atom is 0.255 e. The first-order valence-electron chi connectivity index (χ1n) is 11.6. The van der Waals surface area contributed by atoms with Crippen LogP contribution in [-0.4, -0.2) is 66.2 Å². The van der Waals surface area contributed by atoms with Crippen LogP contribution in [0.4, 0.5) is 0 Å². The Balaban J connectivity index is 1.84. The van der Waals surface area contributed by atoms with Crippen LogP contribution in [0.3, 0.4) is 0 Å². The number of nitrogens with one attached hydrogen (secondary N) is 1. The van der Waals surface area contributed by atoms with Crippen molar-refractivity contribution in [1.82, 2.24) is 5.32 Å². The van der Waals surface area contributed by atoms with Gasteiger partial charge in [0.2, 0.25) is 11.7 Å². The van der Waals surface area contributed by atoms with Crippen LogP contribution in [0.25, 0.3) is 6.08 Å². The lowest BCUT2D eigenvalue weighted by molar-refractivity contribution is -0.154. The van der Waals surface area contributed by atoms with Gasteiger partial charge < -0.3 is 36.6 Å². The number of Topliss-reactive ketones (excluding diaryl/α,β-unsaturated/α-hetero) is 2. The number of phenolic OH excluding ortho intramolecular Hbond substituents is 1. The third kappa shape index (κ3) is 4.00. The minimum atomic E-state index is -2.88. The molecule has 0 saturated heterocycles. The van der Waals surface area contributed by atoms with Crippen molar-refractivity contribution in [3.63, 3.8) is 0 Å². The number of aliphatic hydroxyl groups excluding tert-OH is 3. The summed E-state index contributed by atoms with van der Waals surface area (Å²) in [5.74, 6) is -8.96. The number of aliphatic hydroxyl groups is 4. The van der Waals surface area contributed by atoms with Crippen molar-refractivity contribution < 1.29 is 44.7 Å². The van der Waals surface area contributed by atoms with Gasteiger partial charge in [0.25, 0.3) is 5.91 Å². The van der Waals surface area contributed by atoms with Gasteiger partial charge in [-0.1, -0.05) is 6.07 Å². The number of nitrogens with two attached hydrogens (primary N) is 1. The predicted octanol–water partition coefficient (Wildman–Crippen LogP) is 0.479. The Morgan fingerprint density at radius 2 is 1.78 bits per heavy atom. The molecular weight excluding hydrogens is 484 g/mol. The molecule has 0 heterocycles. The average molecular weight is 513 g/mol. The highest BCUT2D eigenvalue weighted by Gasteiger charge is 2.63. The molecule has 4 rings (SSSR count). The molecule has 11 heteroatoms. The van der Waals surface area contributed by atoms with Gasteiger partial charge in [0.15, 0.2) is 11.4 Å². The van der Waals surface area contributed by atoms with E-state index in [-0.39, 0.29) is 17.5 Å². The van der Waals surface area contributed by atoms with Crippen LogP contribution < -0.4 is 11.1 Å². The zero-order valence-corrected chi connectivity index (χ0v) is 20.4. The molecule has 2 amide bonds. The zero-order valence-electron chi connectivity index (χ0n) is 20.4. The highest BCUT2D eigenvalue weighted by Crippen LogP contribution is 2.51. The average Bonchev–Trinajstić information content (AvgIpc) is 2.77. The van der Waals surface area contributed by atoms with Gasteiger partial charge in [-0.25, -0.2) is 0 Å². The summed E-state index contributed by atoms with van der Waals surface area (Å²) in [6.07, 6.45) is 0.428. The monoisotopic (exact) mass is 512 g/mol. The van der Waals surface area contributed by atoms with E-state index in [1.165, 1.54) is 24.3 Å². The quantitative estimate of drug-likeness (QED) is 0.222. The summed E-state index contributed by atoms with van der Waals surface area (Å²) in [5, 5.41) is 57.0. The van der Waals surface area contributed by atoms with Crippen molar-refractivity contribution in [2.45, 2.75) is 50.9 Å². The van der Waals surface area contributed by atoms with E-state index in [0.717, 1.165) is 0 Å². The van der Waals surface area contributed by atoms with Gasteiger partial charge in [0.1, 0.15) is 22.8 Å². The van der Waals surface area contributed by atoms with E-state index in [1.807, 2.05) is 0 Å². The molecule has 8 N–H and O–H groups in total. The molecule has 1 aromatic carbocycles. The summed E-state index contributed by atoms with van der Waals surface area (Å²) < 4.78 is 0. The Labute approximate surface area is 211 Å². The predicted molar refractivity (Wildman–Crippen MR) is 129 cm³/mol. The minimum absolute atomic E-state index is 0.107. The number of carbonyl (C=O) groups is 4. The van der Waals surface area contributed by atoms with Crippen molar-refractivity contribution in [3.8, 4) is 5.75 Å². The maximum absolute atomic E-state index is 13.5. The van der Waals surface area contributed by atoms with Crippen LogP contribution in [0.2, 0.25) is 0 Å². The van der Waals surface area contributed by atoms with Gasteiger partial charge in [0.05, 0.1) is 11.7 Å². The number of hydrogen-bond donors (Lipinski definition) is 7. The van der Waals surface area contributed by atoms with Crippen molar-refractivity contribution in [2.24, 2.45) is 17.6 Å². The maximum atomic E-state index is 13.5. The van der Waals surface area contributed by atoms with Gasteiger partial charge >= 0.3 is 0 Å². The van der Waals surface area contributed by atoms with E-state index in [2.05, 4.69) is 5.32 Å². The molecule has 11 nitrogen and oxygen atoms in total. The first-order chi connectivity index (χ1) is 17.1. The molecule has 0 aliphatic heterocycles. The van der Waals surface area contributed by atoms with E-state index in [4.69, 9.17) is 5.73 Å². The number of allylic oxidation sites excluding steroid dienone is 1. The van der Waals surface area contributed by atoms with Gasteiger partial charge in [-0.3, -0.25) is 19.2 Å². The highest BCUT2D eigenvalue weighted by molar-refractivity contribution is 6.24. The van der Waals surface area contributed by atoms with Crippen LogP contribution in [0.15, 0.2) is 40.9 Å². The Morgan fingerprint density at radius 3 is 2.38 bits per heavy atom. The number of rotatable bonds is 3. The van der Waals surface area contributed by atoms with E-state index in [9.17, 15) is 44.7 Å². The molecule has 1 aromatic rings. The third-order valence-electron chi connectivity index (χ3n) is 7.00. The summed E-state index contributed by atoms with van der Waals surface area (Å²) in [5.41, 5.74) is 0.849. The summed E-state index contributed by atoms with van der Waals surface area (Å²) in [7, 11) is 0. The fraction of sp³-hybridized carbons (Fsp3) is 0.385. The van der Waals surface area contributed by atoms with Crippen molar-refractivity contribution in [3.05, 3.63) is 57.6 Å². The summed E-state index contributed by atoms with van der Waals surface area (Å²) in [6.45, 7) is 5.42. The number of aromatic hydroxyl groups is 1.